The molecule has 2 amide bonds. The summed E-state index contributed by atoms with van der Waals surface area (Å²) in [6.45, 7) is 1.98. The van der Waals surface area contributed by atoms with Gasteiger partial charge in [0.15, 0.2) is 6.61 Å². The van der Waals surface area contributed by atoms with Crippen molar-refractivity contribution in [1.82, 2.24) is 4.98 Å². The van der Waals surface area contributed by atoms with Crippen molar-refractivity contribution in [1.29, 1.82) is 0 Å². The van der Waals surface area contributed by atoms with Gasteiger partial charge in [0.2, 0.25) is 5.91 Å². The van der Waals surface area contributed by atoms with Gasteiger partial charge in [0, 0.05) is 23.4 Å². The highest BCUT2D eigenvalue weighted by Crippen LogP contribution is 2.31. The van der Waals surface area contributed by atoms with Crippen molar-refractivity contribution in [2.24, 2.45) is 0 Å². The zero-order valence-corrected chi connectivity index (χ0v) is 18.3. The summed E-state index contributed by atoms with van der Waals surface area (Å²) < 4.78 is 6.80. The molecule has 0 unspecified atom stereocenters. The standard InChI is InChI=1S/C25H21N3O3S/c1-15-2-9-21-22(12-15)32-25(28-21)16-3-6-18(7-4-16)26-24(30)14-31-19-8-10-20-17(13-19)5-11-23(29)27-20/h2-4,6-10,12-13H,5,11,14H2,1H3,(H,26,30)(H,27,29). The molecule has 1 aliphatic heterocycles. The van der Waals surface area contributed by atoms with Crippen molar-refractivity contribution in [3.8, 4) is 16.3 Å². The van der Waals surface area contributed by atoms with Crippen LogP contribution in [0.15, 0.2) is 60.7 Å². The van der Waals surface area contributed by atoms with Gasteiger partial charge in [0.1, 0.15) is 10.8 Å². The molecule has 0 radical (unpaired) electrons. The van der Waals surface area contributed by atoms with Crippen LogP contribution in [0.2, 0.25) is 0 Å². The largest absolute Gasteiger partial charge is 0.484 e. The average molecular weight is 444 g/mol. The minimum atomic E-state index is -0.237. The predicted octanol–water partition coefficient (Wildman–Crippen LogP) is 5.17. The second kappa shape index (κ2) is 8.43. The van der Waals surface area contributed by atoms with Crippen LogP contribution in [0.5, 0.6) is 5.75 Å². The summed E-state index contributed by atoms with van der Waals surface area (Å²) in [5, 5.41) is 6.64. The molecular weight excluding hydrogens is 422 g/mol. The van der Waals surface area contributed by atoms with Crippen LogP contribution in [0.3, 0.4) is 0 Å². The Morgan fingerprint density at radius 2 is 1.94 bits per heavy atom. The number of nitrogens with one attached hydrogen (secondary N) is 2. The first-order valence-electron chi connectivity index (χ1n) is 10.4. The molecule has 3 aromatic carbocycles. The number of hydrogen-bond acceptors (Lipinski definition) is 5. The van der Waals surface area contributed by atoms with E-state index in [1.54, 1.807) is 17.4 Å². The Kier molecular flexibility index (Phi) is 5.33. The number of benzene rings is 3. The van der Waals surface area contributed by atoms with Crippen molar-refractivity contribution < 1.29 is 14.3 Å². The van der Waals surface area contributed by atoms with E-state index in [0.717, 1.165) is 27.3 Å². The van der Waals surface area contributed by atoms with Crippen LogP contribution < -0.4 is 15.4 Å². The zero-order valence-electron chi connectivity index (χ0n) is 17.5. The second-order valence-electron chi connectivity index (χ2n) is 7.77. The van der Waals surface area contributed by atoms with Crippen LogP contribution >= 0.6 is 11.3 Å². The Balaban J connectivity index is 1.20. The summed E-state index contributed by atoms with van der Waals surface area (Å²) in [6.07, 6.45) is 1.13. The maximum Gasteiger partial charge on any atom is 0.262 e. The first-order valence-corrected chi connectivity index (χ1v) is 11.2. The summed E-state index contributed by atoms with van der Waals surface area (Å²) in [6, 6.07) is 19.3. The molecular formula is C25H21N3O3S. The normalized spacial score (nSPS) is 12.8. The molecule has 0 fully saturated rings. The molecule has 0 atom stereocenters. The number of thiazole rings is 1. The van der Waals surface area contributed by atoms with Crippen molar-refractivity contribution in [3.05, 3.63) is 71.8 Å². The highest BCUT2D eigenvalue weighted by atomic mass is 32.1. The smallest absolute Gasteiger partial charge is 0.262 e. The van der Waals surface area contributed by atoms with Crippen LogP contribution in [0.4, 0.5) is 11.4 Å². The van der Waals surface area contributed by atoms with Gasteiger partial charge >= 0.3 is 0 Å². The van der Waals surface area contributed by atoms with Gasteiger partial charge < -0.3 is 15.4 Å². The molecule has 2 N–H and O–H groups in total. The number of amides is 2. The number of hydrogen-bond donors (Lipinski definition) is 2. The third-order valence-electron chi connectivity index (χ3n) is 5.30. The number of rotatable bonds is 5. The minimum Gasteiger partial charge on any atom is -0.484 e. The van der Waals surface area contributed by atoms with Gasteiger partial charge in [-0.05, 0) is 79.1 Å². The average Bonchev–Trinajstić information content (AvgIpc) is 3.21. The second-order valence-corrected chi connectivity index (χ2v) is 8.80. The summed E-state index contributed by atoms with van der Waals surface area (Å²) in [4.78, 5) is 28.5. The Morgan fingerprint density at radius 3 is 2.78 bits per heavy atom. The quantitative estimate of drug-likeness (QED) is 0.446. The van der Waals surface area contributed by atoms with E-state index in [-0.39, 0.29) is 18.4 Å². The number of aromatic nitrogens is 1. The number of aryl methyl sites for hydroxylation is 2. The topological polar surface area (TPSA) is 80.3 Å². The number of ether oxygens (including phenoxy) is 1. The van der Waals surface area contributed by atoms with Crippen molar-refractivity contribution in [3.63, 3.8) is 0 Å². The lowest BCUT2D eigenvalue weighted by Gasteiger charge is -2.17. The zero-order chi connectivity index (χ0) is 22.1. The van der Waals surface area contributed by atoms with Crippen molar-refractivity contribution >= 4 is 44.7 Å². The highest BCUT2D eigenvalue weighted by Gasteiger charge is 2.15. The first-order chi connectivity index (χ1) is 15.5. The lowest BCUT2D eigenvalue weighted by Crippen LogP contribution is -2.21. The van der Waals surface area contributed by atoms with E-state index in [4.69, 9.17) is 9.72 Å². The molecule has 1 aliphatic rings. The van der Waals surface area contributed by atoms with Crippen LogP contribution in [-0.4, -0.2) is 23.4 Å². The molecule has 0 bridgehead atoms. The number of fused-ring (bicyclic) bond motifs is 2. The molecule has 5 rings (SSSR count). The van der Waals surface area contributed by atoms with Gasteiger partial charge in [-0.1, -0.05) is 6.07 Å². The van der Waals surface area contributed by atoms with Crippen molar-refractivity contribution in [2.75, 3.05) is 17.2 Å². The van der Waals surface area contributed by atoms with E-state index in [2.05, 4.69) is 29.7 Å². The van der Waals surface area contributed by atoms with Gasteiger partial charge in [-0.2, -0.15) is 0 Å². The van der Waals surface area contributed by atoms with E-state index in [0.29, 0.717) is 24.3 Å². The molecule has 4 aromatic rings. The Bertz CT molecular complexity index is 1330. The molecule has 6 nitrogen and oxygen atoms in total. The third kappa shape index (κ3) is 4.33. The van der Waals surface area contributed by atoms with Crippen LogP contribution in [-0.2, 0) is 16.0 Å². The van der Waals surface area contributed by atoms with E-state index in [9.17, 15) is 9.59 Å². The Hall–Kier alpha value is -3.71. The van der Waals surface area contributed by atoms with E-state index < -0.39 is 0 Å². The maximum absolute atomic E-state index is 12.3. The molecule has 0 saturated carbocycles. The van der Waals surface area contributed by atoms with Gasteiger partial charge in [-0.3, -0.25) is 9.59 Å². The first kappa shape index (κ1) is 20.2. The van der Waals surface area contributed by atoms with Gasteiger partial charge in [-0.15, -0.1) is 11.3 Å². The molecule has 2 heterocycles. The van der Waals surface area contributed by atoms with Gasteiger partial charge in [-0.25, -0.2) is 4.98 Å². The summed E-state index contributed by atoms with van der Waals surface area (Å²) in [5.41, 5.74) is 5.75. The molecule has 0 aliphatic carbocycles. The minimum absolute atomic E-state index is 0.0230. The number of nitrogens with zero attached hydrogens (tertiary/aromatic N) is 1. The van der Waals surface area contributed by atoms with E-state index in [1.165, 1.54) is 10.3 Å². The van der Waals surface area contributed by atoms with Crippen LogP contribution in [0.1, 0.15) is 17.5 Å². The van der Waals surface area contributed by atoms with E-state index in [1.807, 2.05) is 42.5 Å². The molecule has 0 spiro atoms. The SMILES string of the molecule is Cc1ccc2nc(-c3ccc(NC(=O)COc4ccc5c(c4)CCC(=O)N5)cc3)sc2c1. The fraction of sp³-hybridized carbons (Fsp3) is 0.160. The van der Waals surface area contributed by atoms with Crippen LogP contribution in [0, 0.1) is 6.92 Å². The number of anilines is 2. The molecule has 7 heteroatoms. The summed E-state index contributed by atoms with van der Waals surface area (Å²) in [7, 11) is 0. The monoisotopic (exact) mass is 443 g/mol. The fourth-order valence-electron chi connectivity index (χ4n) is 3.65. The lowest BCUT2D eigenvalue weighted by atomic mass is 10.0. The summed E-state index contributed by atoms with van der Waals surface area (Å²) >= 11 is 1.66. The lowest BCUT2D eigenvalue weighted by molar-refractivity contribution is -0.118. The molecule has 160 valence electrons. The van der Waals surface area contributed by atoms with Crippen LogP contribution in [0.25, 0.3) is 20.8 Å². The predicted molar refractivity (Wildman–Crippen MR) is 127 cm³/mol. The Labute approximate surface area is 189 Å². The van der Waals surface area contributed by atoms with Gasteiger partial charge in [0.05, 0.1) is 10.2 Å². The Morgan fingerprint density at radius 1 is 1.09 bits per heavy atom. The van der Waals surface area contributed by atoms with Crippen molar-refractivity contribution in [2.45, 2.75) is 19.8 Å². The number of carbonyl (C=O) groups excluding carboxylic acids is 2. The van der Waals surface area contributed by atoms with Gasteiger partial charge in [0.25, 0.3) is 5.91 Å². The third-order valence-corrected chi connectivity index (χ3v) is 6.37. The molecule has 0 saturated heterocycles. The summed E-state index contributed by atoms with van der Waals surface area (Å²) in [5.74, 6) is 0.394. The highest BCUT2D eigenvalue weighted by molar-refractivity contribution is 7.21. The number of carbonyl (C=O) groups is 2. The maximum atomic E-state index is 12.3. The fourth-order valence-corrected chi connectivity index (χ4v) is 4.72. The molecule has 1 aromatic heterocycles. The molecule has 32 heavy (non-hydrogen) atoms. The van der Waals surface area contributed by atoms with E-state index >= 15 is 0 Å².